The van der Waals surface area contributed by atoms with Crippen molar-refractivity contribution >= 4 is 5.91 Å². The van der Waals surface area contributed by atoms with Gasteiger partial charge in [0.25, 0.3) is 5.91 Å². The first-order valence-electron chi connectivity index (χ1n) is 7.81. The molecule has 21 heavy (non-hydrogen) atoms. The Morgan fingerprint density at radius 1 is 1.67 bits per heavy atom. The van der Waals surface area contributed by atoms with Gasteiger partial charge in [0.1, 0.15) is 6.26 Å². The summed E-state index contributed by atoms with van der Waals surface area (Å²) in [6, 6.07) is 0.347. The summed E-state index contributed by atoms with van der Waals surface area (Å²) in [6.07, 6.45) is 6.59. The van der Waals surface area contributed by atoms with Crippen LogP contribution in [0.2, 0.25) is 0 Å². The van der Waals surface area contributed by atoms with Gasteiger partial charge in [0.2, 0.25) is 5.89 Å². The molecule has 1 aliphatic rings. The van der Waals surface area contributed by atoms with Gasteiger partial charge in [-0.3, -0.25) is 4.79 Å². The molecule has 1 amide bonds. The lowest BCUT2D eigenvalue weighted by atomic mass is 10.1. The standard InChI is InChI=1S/C15H26N4O2/c1-3-5-12(16)15-18-13(10-21-15)14(20)17-8-7-11-6-4-9-19(11)2/h10-12H,3-9,16H2,1-2H3,(H,17,20). The van der Waals surface area contributed by atoms with Crippen molar-refractivity contribution in [3.05, 3.63) is 17.8 Å². The summed E-state index contributed by atoms with van der Waals surface area (Å²) in [5.74, 6) is 0.256. The number of rotatable bonds is 7. The smallest absolute Gasteiger partial charge is 0.273 e. The Morgan fingerprint density at radius 2 is 2.48 bits per heavy atom. The Balaban J connectivity index is 1.78. The first-order chi connectivity index (χ1) is 10.1. The molecule has 1 aliphatic heterocycles. The lowest BCUT2D eigenvalue weighted by Crippen LogP contribution is -2.32. The summed E-state index contributed by atoms with van der Waals surface area (Å²) in [6.45, 7) is 3.87. The van der Waals surface area contributed by atoms with E-state index in [2.05, 4.69) is 29.2 Å². The van der Waals surface area contributed by atoms with Gasteiger partial charge in [-0.05, 0) is 39.3 Å². The average molecular weight is 294 g/mol. The molecule has 2 unspecified atom stereocenters. The highest BCUT2D eigenvalue weighted by Gasteiger charge is 2.21. The first kappa shape index (κ1) is 16.0. The van der Waals surface area contributed by atoms with Crippen molar-refractivity contribution in [2.75, 3.05) is 20.1 Å². The number of oxazole rings is 1. The number of carbonyl (C=O) groups is 1. The van der Waals surface area contributed by atoms with Crippen molar-refractivity contribution < 1.29 is 9.21 Å². The van der Waals surface area contributed by atoms with Crippen molar-refractivity contribution in [1.82, 2.24) is 15.2 Å². The summed E-state index contributed by atoms with van der Waals surface area (Å²) < 4.78 is 5.29. The Hall–Kier alpha value is -1.40. The molecular formula is C15H26N4O2. The number of aromatic nitrogens is 1. The highest BCUT2D eigenvalue weighted by molar-refractivity contribution is 5.91. The molecule has 2 rings (SSSR count). The zero-order valence-electron chi connectivity index (χ0n) is 13.0. The molecule has 6 heteroatoms. The molecule has 0 saturated carbocycles. The normalized spacial score (nSPS) is 20.6. The summed E-state index contributed by atoms with van der Waals surface area (Å²) in [5, 5.41) is 2.90. The molecule has 0 aliphatic carbocycles. The van der Waals surface area contributed by atoms with Gasteiger partial charge in [-0.2, -0.15) is 0 Å². The van der Waals surface area contributed by atoms with E-state index in [1.807, 2.05) is 0 Å². The molecular weight excluding hydrogens is 268 g/mol. The average Bonchev–Trinajstić information content (AvgIpc) is 3.09. The number of nitrogens with two attached hydrogens (primary N) is 1. The molecule has 6 nitrogen and oxygen atoms in total. The zero-order valence-corrected chi connectivity index (χ0v) is 13.0. The monoisotopic (exact) mass is 294 g/mol. The minimum Gasteiger partial charge on any atom is -0.446 e. The maximum atomic E-state index is 12.0. The summed E-state index contributed by atoms with van der Waals surface area (Å²) in [7, 11) is 2.14. The summed E-state index contributed by atoms with van der Waals surface area (Å²) in [5.41, 5.74) is 6.24. The molecule has 2 heterocycles. The third-order valence-corrected chi connectivity index (χ3v) is 4.11. The molecule has 1 fully saturated rings. The molecule has 2 atom stereocenters. The van der Waals surface area contributed by atoms with Crippen LogP contribution < -0.4 is 11.1 Å². The van der Waals surface area contributed by atoms with Crippen molar-refractivity contribution in [2.45, 2.75) is 51.1 Å². The van der Waals surface area contributed by atoms with Gasteiger partial charge in [0.05, 0.1) is 6.04 Å². The highest BCUT2D eigenvalue weighted by atomic mass is 16.3. The van der Waals surface area contributed by atoms with Crippen LogP contribution in [0.25, 0.3) is 0 Å². The van der Waals surface area contributed by atoms with Gasteiger partial charge in [0.15, 0.2) is 5.69 Å². The van der Waals surface area contributed by atoms with E-state index in [9.17, 15) is 4.79 Å². The van der Waals surface area contributed by atoms with Gasteiger partial charge < -0.3 is 20.4 Å². The minimum atomic E-state index is -0.233. The zero-order chi connectivity index (χ0) is 15.2. The molecule has 0 aromatic carbocycles. The minimum absolute atomic E-state index is 0.186. The molecule has 1 saturated heterocycles. The Kier molecular flexibility index (Phi) is 5.76. The van der Waals surface area contributed by atoms with Gasteiger partial charge in [0, 0.05) is 12.6 Å². The second-order valence-corrected chi connectivity index (χ2v) is 5.79. The van der Waals surface area contributed by atoms with Gasteiger partial charge in [-0.1, -0.05) is 13.3 Å². The largest absolute Gasteiger partial charge is 0.446 e. The number of nitrogens with one attached hydrogen (secondary N) is 1. The molecule has 0 spiro atoms. The number of hydrogen-bond acceptors (Lipinski definition) is 5. The Morgan fingerprint density at radius 3 is 3.14 bits per heavy atom. The van der Waals surface area contributed by atoms with E-state index in [4.69, 9.17) is 10.2 Å². The predicted octanol–water partition coefficient (Wildman–Crippen LogP) is 1.69. The van der Waals surface area contributed by atoms with E-state index in [0.29, 0.717) is 24.2 Å². The third kappa shape index (κ3) is 4.28. The third-order valence-electron chi connectivity index (χ3n) is 4.11. The fourth-order valence-corrected chi connectivity index (χ4v) is 2.78. The summed E-state index contributed by atoms with van der Waals surface area (Å²) in [4.78, 5) is 18.5. The Bertz CT molecular complexity index is 460. The van der Waals surface area contributed by atoms with E-state index in [-0.39, 0.29) is 11.9 Å². The van der Waals surface area contributed by atoms with Crippen LogP contribution in [0.15, 0.2) is 10.7 Å². The fourth-order valence-electron chi connectivity index (χ4n) is 2.78. The number of nitrogens with zero attached hydrogens (tertiary/aromatic N) is 2. The van der Waals surface area contributed by atoms with Crippen molar-refractivity contribution in [3.8, 4) is 0 Å². The van der Waals surface area contributed by atoms with Crippen LogP contribution in [-0.2, 0) is 0 Å². The van der Waals surface area contributed by atoms with Crippen LogP contribution in [0.1, 0.15) is 61.4 Å². The topological polar surface area (TPSA) is 84.4 Å². The van der Waals surface area contributed by atoms with Gasteiger partial charge in [-0.15, -0.1) is 0 Å². The van der Waals surface area contributed by atoms with Crippen LogP contribution in [0.3, 0.4) is 0 Å². The van der Waals surface area contributed by atoms with E-state index in [1.54, 1.807) is 0 Å². The quantitative estimate of drug-likeness (QED) is 0.799. The van der Waals surface area contributed by atoms with E-state index >= 15 is 0 Å². The number of amides is 1. The van der Waals surface area contributed by atoms with Crippen LogP contribution in [-0.4, -0.2) is 42.0 Å². The molecule has 118 valence electrons. The van der Waals surface area contributed by atoms with E-state index < -0.39 is 0 Å². The number of carbonyl (C=O) groups excluding carboxylic acids is 1. The molecule has 3 N–H and O–H groups in total. The van der Waals surface area contributed by atoms with Gasteiger partial charge in [-0.25, -0.2) is 4.98 Å². The van der Waals surface area contributed by atoms with E-state index in [1.165, 1.54) is 19.1 Å². The van der Waals surface area contributed by atoms with Crippen LogP contribution in [0, 0.1) is 0 Å². The SMILES string of the molecule is CCCC(N)c1nc(C(=O)NCCC2CCCN2C)co1. The second-order valence-electron chi connectivity index (χ2n) is 5.79. The molecule has 0 radical (unpaired) electrons. The molecule has 1 aromatic heterocycles. The maximum absolute atomic E-state index is 12.0. The molecule has 1 aromatic rings. The van der Waals surface area contributed by atoms with Crippen molar-refractivity contribution in [3.63, 3.8) is 0 Å². The van der Waals surface area contributed by atoms with Crippen LogP contribution in [0.4, 0.5) is 0 Å². The maximum Gasteiger partial charge on any atom is 0.273 e. The summed E-state index contributed by atoms with van der Waals surface area (Å²) >= 11 is 0. The van der Waals surface area contributed by atoms with Crippen molar-refractivity contribution in [2.24, 2.45) is 5.73 Å². The molecule has 0 bridgehead atoms. The second kappa shape index (κ2) is 7.56. The van der Waals surface area contributed by atoms with E-state index in [0.717, 1.165) is 25.8 Å². The Labute approximate surface area is 126 Å². The lowest BCUT2D eigenvalue weighted by Gasteiger charge is -2.18. The number of hydrogen-bond donors (Lipinski definition) is 2. The number of likely N-dealkylation sites (tertiary alicyclic amines) is 1. The lowest BCUT2D eigenvalue weighted by molar-refractivity contribution is 0.0945. The fraction of sp³-hybridized carbons (Fsp3) is 0.733. The van der Waals surface area contributed by atoms with Gasteiger partial charge >= 0.3 is 0 Å². The van der Waals surface area contributed by atoms with Crippen LogP contribution >= 0.6 is 0 Å². The van der Waals surface area contributed by atoms with Crippen LogP contribution in [0.5, 0.6) is 0 Å². The predicted molar refractivity (Wildman–Crippen MR) is 80.9 cm³/mol. The van der Waals surface area contributed by atoms with Crippen molar-refractivity contribution in [1.29, 1.82) is 0 Å². The first-order valence-corrected chi connectivity index (χ1v) is 7.81. The highest BCUT2D eigenvalue weighted by Crippen LogP contribution is 2.17.